The van der Waals surface area contributed by atoms with Gasteiger partial charge in [-0.25, -0.2) is 9.78 Å². The normalized spacial score (nSPS) is 14.6. The van der Waals surface area contributed by atoms with Crippen molar-refractivity contribution >= 4 is 35.6 Å². The minimum Gasteiger partial charge on any atom is -0.481 e. The maximum Gasteiger partial charge on any atom is 0.326 e. The first-order valence-electron chi connectivity index (χ1n) is 12.5. The molecule has 16 nitrogen and oxygen atoms in total. The van der Waals surface area contributed by atoms with E-state index in [2.05, 4.69) is 30.9 Å². The highest BCUT2D eigenvalue weighted by molar-refractivity contribution is 5.94. The first kappa shape index (κ1) is 32.8. The number of aliphatic imine (C=N–C) groups is 1. The number of nitrogens with zero attached hydrogens (tertiary/aromatic N) is 2. The number of amides is 3. The average molecular weight is 554 g/mol. The summed E-state index contributed by atoms with van der Waals surface area (Å²) in [6, 6.07) is -4.83. The van der Waals surface area contributed by atoms with E-state index in [0.717, 1.165) is 0 Å². The van der Waals surface area contributed by atoms with Crippen LogP contribution >= 0.6 is 0 Å². The van der Waals surface area contributed by atoms with Crippen molar-refractivity contribution in [2.24, 2.45) is 28.1 Å². The van der Waals surface area contributed by atoms with Crippen LogP contribution in [0.1, 0.15) is 51.6 Å². The second kappa shape index (κ2) is 16.6. The van der Waals surface area contributed by atoms with Gasteiger partial charge in [0, 0.05) is 31.3 Å². The molecule has 0 saturated carbocycles. The average Bonchev–Trinajstić information content (AvgIpc) is 3.39. The van der Waals surface area contributed by atoms with Crippen molar-refractivity contribution in [1.29, 1.82) is 0 Å². The summed E-state index contributed by atoms with van der Waals surface area (Å²) < 4.78 is 0. The minimum atomic E-state index is -1.41. The fourth-order valence-corrected chi connectivity index (χ4v) is 3.45. The summed E-state index contributed by atoms with van der Waals surface area (Å²) in [5.41, 5.74) is 17.0. The number of nitrogens with one attached hydrogen (secondary N) is 4. The molecule has 218 valence electrons. The third kappa shape index (κ3) is 12.3. The number of carbonyl (C=O) groups is 5. The van der Waals surface area contributed by atoms with Crippen LogP contribution in [0.3, 0.4) is 0 Å². The number of guanidine groups is 1. The van der Waals surface area contributed by atoms with Gasteiger partial charge in [-0.2, -0.15) is 0 Å². The van der Waals surface area contributed by atoms with Crippen LogP contribution in [0, 0.1) is 5.92 Å². The molecule has 0 radical (unpaired) electrons. The van der Waals surface area contributed by atoms with Gasteiger partial charge in [0.25, 0.3) is 0 Å². The Kier molecular flexibility index (Phi) is 14.0. The second-order valence-corrected chi connectivity index (χ2v) is 9.10. The third-order valence-electron chi connectivity index (χ3n) is 6.01. The molecule has 16 heteroatoms. The molecule has 1 heterocycles. The number of aliphatic carboxylic acids is 2. The number of nitrogens with two attached hydrogens (primary N) is 3. The van der Waals surface area contributed by atoms with Crippen molar-refractivity contribution in [3.8, 4) is 0 Å². The number of aromatic nitrogens is 2. The van der Waals surface area contributed by atoms with Crippen LogP contribution in [0.25, 0.3) is 0 Å². The van der Waals surface area contributed by atoms with Gasteiger partial charge in [0.2, 0.25) is 17.7 Å². The van der Waals surface area contributed by atoms with Gasteiger partial charge in [-0.1, -0.05) is 20.3 Å². The van der Waals surface area contributed by atoms with E-state index in [4.69, 9.17) is 22.3 Å². The molecular formula is C23H39N9O7. The van der Waals surface area contributed by atoms with Crippen molar-refractivity contribution < 1.29 is 34.2 Å². The first-order valence-corrected chi connectivity index (χ1v) is 12.5. The molecule has 1 aromatic heterocycles. The van der Waals surface area contributed by atoms with E-state index >= 15 is 0 Å². The molecule has 5 atom stereocenters. The van der Waals surface area contributed by atoms with Crippen LogP contribution in [0.5, 0.6) is 0 Å². The summed E-state index contributed by atoms with van der Waals surface area (Å²) in [5.74, 6) is -5.17. The topological polar surface area (TPSA) is 281 Å². The van der Waals surface area contributed by atoms with Crippen LogP contribution in [-0.4, -0.2) is 86.5 Å². The van der Waals surface area contributed by atoms with Gasteiger partial charge in [0.15, 0.2) is 5.96 Å². The number of rotatable bonds is 18. The molecule has 0 aromatic carbocycles. The standard InChI is InChI=1S/C23H39N9O7/c1-3-12(2)18(24)21(37)32-16(9-13-10-27-11-29-13)20(36)30-14(6-7-17(33)34)19(35)31-15(22(38)39)5-4-8-28-23(25)26/h10-12,14-16,18H,3-9,24H2,1-2H3,(H,27,29)(H,30,36)(H,31,35)(H,32,37)(H,33,34)(H,38,39)(H4,25,26,28). The zero-order valence-corrected chi connectivity index (χ0v) is 22.1. The number of carbonyl (C=O) groups excluding carboxylic acids is 3. The summed E-state index contributed by atoms with van der Waals surface area (Å²) in [4.78, 5) is 72.2. The van der Waals surface area contributed by atoms with Crippen molar-refractivity contribution in [3.05, 3.63) is 18.2 Å². The summed E-state index contributed by atoms with van der Waals surface area (Å²) in [5, 5.41) is 26.0. The monoisotopic (exact) mass is 553 g/mol. The van der Waals surface area contributed by atoms with Gasteiger partial charge in [-0.05, 0) is 25.2 Å². The molecule has 0 saturated heterocycles. The van der Waals surface area contributed by atoms with E-state index in [0.29, 0.717) is 12.1 Å². The quantitative estimate of drug-likeness (QED) is 0.0533. The fourth-order valence-electron chi connectivity index (χ4n) is 3.45. The van der Waals surface area contributed by atoms with Gasteiger partial charge in [-0.15, -0.1) is 0 Å². The first-order chi connectivity index (χ1) is 18.3. The Morgan fingerprint density at radius 3 is 2.15 bits per heavy atom. The zero-order chi connectivity index (χ0) is 29.5. The molecule has 0 fully saturated rings. The van der Waals surface area contributed by atoms with Crippen molar-refractivity contribution in [2.75, 3.05) is 6.54 Å². The maximum atomic E-state index is 13.2. The Hall–Kier alpha value is -4.21. The third-order valence-corrected chi connectivity index (χ3v) is 6.01. The van der Waals surface area contributed by atoms with Crippen LogP contribution in [0.2, 0.25) is 0 Å². The van der Waals surface area contributed by atoms with Crippen LogP contribution < -0.4 is 33.2 Å². The largest absolute Gasteiger partial charge is 0.481 e. The second-order valence-electron chi connectivity index (χ2n) is 9.10. The number of H-pyrrole nitrogens is 1. The van der Waals surface area contributed by atoms with E-state index in [9.17, 15) is 29.1 Å². The fraction of sp³-hybridized carbons (Fsp3) is 0.609. The molecule has 3 amide bonds. The number of aromatic amines is 1. The summed E-state index contributed by atoms with van der Waals surface area (Å²) in [7, 11) is 0. The van der Waals surface area contributed by atoms with Crippen LogP contribution in [-0.2, 0) is 30.4 Å². The number of hydrogen-bond donors (Lipinski definition) is 9. The van der Waals surface area contributed by atoms with Gasteiger partial charge < -0.3 is 48.3 Å². The lowest BCUT2D eigenvalue weighted by Gasteiger charge is -2.26. The predicted molar refractivity (Wildman–Crippen MR) is 140 cm³/mol. The van der Waals surface area contributed by atoms with E-state index in [1.165, 1.54) is 12.5 Å². The zero-order valence-electron chi connectivity index (χ0n) is 22.1. The van der Waals surface area contributed by atoms with E-state index in [1.807, 2.05) is 6.92 Å². The Morgan fingerprint density at radius 2 is 1.62 bits per heavy atom. The summed E-state index contributed by atoms with van der Waals surface area (Å²) in [6.45, 7) is 3.79. The molecule has 0 bridgehead atoms. The van der Waals surface area contributed by atoms with E-state index in [-0.39, 0.29) is 44.1 Å². The summed E-state index contributed by atoms with van der Waals surface area (Å²) >= 11 is 0. The lowest BCUT2D eigenvalue weighted by molar-refractivity contribution is -0.143. The SMILES string of the molecule is CCC(C)C(N)C(=O)NC(Cc1cnc[nH]1)C(=O)NC(CCC(=O)O)C(=O)NC(CCCN=C(N)N)C(=O)O. The van der Waals surface area contributed by atoms with Gasteiger partial charge in [0.1, 0.15) is 18.1 Å². The molecule has 0 aliphatic heterocycles. The molecule has 1 rings (SSSR count). The predicted octanol–water partition coefficient (Wildman–Crippen LogP) is -2.22. The van der Waals surface area contributed by atoms with Crippen molar-refractivity contribution in [1.82, 2.24) is 25.9 Å². The Balaban J connectivity index is 3.06. The minimum absolute atomic E-state index is 0.0243. The number of carboxylic acids is 2. The van der Waals surface area contributed by atoms with Crippen molar-refractivity contribution in [3.63, 3.8) is 0 Å². The number of carboxylic acid groups (broad SMARTS) is 2. The molecule has 12 N–H and O–H groups in total. The number of hydrogen-bond acceptors (Lipinski definition) is 8. The lowest BCUT2D eigenvalue weighted by atomic mass is 9.98. The Morgan fingerprint density at radius 1 is 1.00 bits per heavy atom. The van der Waals surface area contributed by atoms with Crippen molar-refractivity contribution in [2.45, 2.75) is 76.5 Å². The highest BCUT2D eigenvalue weighted by Crippen LogP contribution is 2.08. The molecule has 39 heavy (non-hydrogen) atoms. The highest BCUT2D eigenvalue weighted by atomic mass is 16.4. The highest BCUT2D eigenvalue weighted by Gasteiger charge is 2.31. The molecule has 0 aliphatic rings. The Bertz CT molecular complexity index is 996. The van der Waals surface area contributed by atoms with Crippen LogP contribution in [0.4, 0.5) is 0 Å². The molecular weight excluding hydrogens is 514 g/mol. The van der Waals surface area contributed by atoms with Crippen LogP contribution in [0.15, 0.2) is 17.5 Å². The Labute approximate surface area is 225 Å². The lowest BCUT2D eigenvalue weighted by Crippen LogP contribution is -2.58. The molecule has 5 unspecified atom stereocenters. The van der Waals surface area contributed by atoms with Gasteiger partial charge in [0.05, 0.1) is 12.4 Å². The smallest absolute Gasteiger partial charge is 0.326 e. The number of imidazole rings is 1. The molecule has 0 aliphatic carbocycles. The van der Waals surface area contributed by atoms with E-state index in [1.54, 1.807) is 6.92 Å². The molecule has 1 aromatic rings. The molecule has 0 spiro atoms. The maximum absolute atomic E-state index is 13.2. The van der Waals surface area contributed by atoms with E-state index < -0.39 is 60.2 Å². The summed E-state index contributed by atoms with van der Waals surface area (Å²) in [6.07, 6.45) is 2.83. The van der Waals surface area contributed by atoms with Gasteiger partial charge >= 0.3 is 11.9 Å². The van der Waals surface area contributed by atoms with Gasteiger partial charge in [-0.3, -0.25) is 24.2 Å².